The van der Waals surface area contributed by atoms with E-state index in [0.29, 0.717) is 0 Å². The Hall–Kier alpha value is -3.36. The van der Waals surface area contributed by atoms with Crippen molar-refractivity contribution in [3.8, 4) is 0 Å². The van der Waals surface area contributed by atoms with Gasteiger partial charge in [-0.2, -0.15) is 0 Å². The molecule has 0 aromatic rings. The maximum absolute atomic E-state index is 13.2. The minimum atomic E-state index is -1.36. The first kappa shape index (κ1) is 40.7. The van der Waals surface area contributed by atoms with Crippen molar-refractivity contribution >= 4 is 35.6 Å². The van der Waals surface area contributed by atoms with Crippen molar-refractivity contribution in [2.45, 2.75) is 110 Å². The van der Waals surface area contributed by atoms with Gasteiger partial charge in [0.05, 0.1) is 58.9 Å². The lowest BCUT2D eigenvalue weighted by Gasteiger charge is -2.34. The third kappa shape index (κ3) is 18.6. The van der Waals surface area contributed by atoms with Crippen molar-refractivity contribution in [2.24, 2.45) is 0 Å². The van der Waals surface area contributed by atoms with Gasteiger partial charge < -0.3 is 33.7 Å². The van der Waals surface area contributed by atoms with Gasteiger partial charge in [-0.3, -0.25) is 33.7 Å². The number of nitrogens with zero attached hydrogens (tertiary/aromatic N) is 1. The van der Waals surface area contributed by atoms with E-state index in [1.54, 1.807) is 62.3 Å². The average Bonchev–Trinajstić information content (AvgIpc) is 3.19. The molecule has 1 N–H and O–H groups in total. The van der Waals surface area contributed by atoms with Crippen molar-refractivity contribution in [3.63, 3.8) is 0 Å². The molecule has 14 nitrogen and oxygen atoms in total. The highest BCUT2D eigenvalue weighted by Crippen LogP contribution is 2.15. The molecule has 1 aliphatic heterocycles. The summed E-state index contributed by atoms with van der Waals surface area (Å²) in [4.78, 5) is 74.6. The zero-order valence-corrected chi connectivity index (χ0v) is 28.8. The second-order valence-electron chi connectivity index (χ2n) is 13.9. The Balaban J connectivity index is 3.03. The van der Waals surface area contributed by atoms with Crippen LogP contribution in [0.15, 0.2) is 12.2 Å². The normalized spacial score (nSPS) is 14.0. The van der Waals surface area contributed by atoms with Crippen molar-refractivity contribution in [1.82, 2.24) is 10.2 Å². The van der Waals surface area contributed by atoms with E-state index in [-0.39, 0.29) is 71.9 Å². The van der Waals surface area contributed by atoms with Gasteiger partial charge >= 0.3 is 17.9 Å². The van der Waals surface area contributed by atoms with Crippen molar-refractivity contribution in [1.29, 1.82) is 0 Å². The molecule has 0 saturated heterocycles. The lowest BCUT2D eigenvalue weighted by molar-refractivity contribution is -0.157. The maximum Gasteiger partial charge on any atom is 0.308 e. The SMILES string of the molecule is CC(C)(C)OC(=O)CCOCC(COCCC(=O)OC(C)(C)C)(COCCC(=O)OC(C)(C)C)NC(=O)CCN1C(=O)C=CC1=O. The van der Waals surface area contributed by atoms with E-state index in [4.69, 9.17) is 28.4 Å². The van der Waals surface area contributed by atoms with Gasteiger partial charge in [-0.1, -0.05) is 0 Å². The molecule has 0 atom stereocenters. The first-order valence-corrected chi connectivity index (χ1v) is 15.3. The van der Waals surface area contributed by atoms with Crippen LogP contribution in [0.2, 0.25) is 0 Å². The van der Waals surface area contributed by atoms with Crippen LogP contribution in [0.5, 0.6) is 0 Å². The molecule has 0 aromatic carbocycles. The van der Waals surface area contributed by atoms with E-state index in [0.717, 1.165) is 17.1 Å². The molecule has 0 bridgehead atoms. The van der Waals surface area contributed by atoms with E-state index in [1.165, 1.54) is 0 Å². The number of amides is 3. The van der Waals surface area contributed by atoms with Crippen LogP contribution < -0.4 is 5.32 Å². The van der Waals surface area contributed by atoms with Crippen molar-refractivity contribution in [2.75, 3.05) is 46.2 Å². The number of nitrogens with one attached hydrogen (secondary N) is 1. The number of carbonyl (C=O) groups excluding carboxylic acids is 6. The number of rotatable bonds is 19. The highest BCUT2D eigenvalue weighted by molar-refractivity contribution is 6.13. The van der Waals surface area contributed by atoms with Gasteiger partial charge in [0.1, 0.15) is 22.3 Å². The van der Waals surface area contributed by atoms with Crippen LogP contribution in [-0.4, -0.2) is 109 Å². The van der Waals surface area contributed by atoms with Gasteiger partial charge in [-0.15, -0.1) is 0 Å². The summed E-state index contributed by atoms with van der Waals surface area (Å²) in [6.45, 7) is 14.8. The number of esters is 3. The molecular weight excluding hydrogens is 604 g/mol. The summed E-state index contributed by atoms with van der Waals surface area (Å²) in [6, 6.07) is 0. The summed E-state index contributed by atoms with van der Waals surface area (Å²) >= 11 is 0. The van der Waals surface area contributed by atoms with Gasteiger partial charge in [-0.25, -0.2) is 0 Å². The van der Waals surface area contributed by atoms with Crippen LogP contribution in [0.3, 0.4) is 0 Å². The third-order valence-electron chi connectivity index (χ3n) is 5.61. The molecule has 1 aliphatic rings. The fourth-order valence-electron chi connectivity index (χ4n) is 3.90. The lowest BCUT2D eigenvalue weighted by Crippen LogP contribution is -2.59. The van der Waals surface area contributed by atoms with Crippen LogP contribution in [0.1, 0.15) is 88.0 Å². The lowest BCUT2D eigenvalue weighted by atomic mass is 10.0. The van der Waals surface area contributed by atoms with Crippen molar-refractivity contribution in [3.05, 3.63) is 12.2 Å². The summed E-state index contributed by atoms with van der Waals surface area (Å²) in [7, 11) is 0. The number of ether oxygens (including phenoxy) is 6. The molecule has 14 heteroatoms. The standard InChI is InChI=1S/C32H52N2O12/c1-29(2,3)44-26(38)13-17-41-20-32(21-42-18-14-27(39)45-30(4,5)6,22-43-19-15-28(40)46-31(7,8)9)33-23(35)12-16-34-24(36)10-11-25(34)37/h10-11H,12-22H2,1-9H3,(H,33,35). The Bertz CT molecular complexity index is 990. The predicted molar refractivity (Wildman–Crippen MR) is 165 cm³/mol. The molecule has 1 rings (SSSR count). The summed E-state index contributed by atoms with van der Waals surface area (Å²) in [5.74, 6) is -3.01. The minimum Gasteiger partial charge on any atom is -0.460 e. The van der Waals surface area contributed by atoms with Crippen LogP contribution in [0, 0.1) is 0 Å². The second-order valence-corrected chi connectivity index (χ2v) is 13.9. The van der Waals surface area contributed by atoms with Gasteiger partial charge in [0.25, 0.3) is 11.8 Å². The monoisotopic (exact) mass is 656 g/mol. The minimum absolute atomic E-state index is 0.0508. The smallest absolute Gasteiger partial charge is 0.308 e. The quantitative estimate of drug-likeness (QED) is 0.0933. The Morgan fingerprint density at radius 1 is 0.587 bits per heavy atom. The topological polar surface area (TPSA) is 173 Å². The predicted octanol–water partition coefficient (Wildman–Crippen LogP) is 2.40. The number of imide groups is 1. The fourth-order valence-corrected chi connectivity index (χ4v) is 3.90. The summed E-state index contributed by atoms with van der Waals surface area (Å²) in [6.07, 6.45) is 1.83. The second kappa shape index (κ2) is 18.1. The maximum atomic E-state index is 13.2. The largest absolute Gasteiger partial charge is 0.460 e. The Morgan fingerprint density at radius 3 is 1.22 bits per heavy atom. The zero-order valence-electron chi connectivity index (χ0n) is 28.8. The van der Waals surface area contributed by atoms with E-state index >= 15 is 0 Å². The Morgan fingerprint density at radius 2 is 0.913 bits per heavy atom. The Labute approximate surface area is 271 Å². The molecule has 0 fully saturated rings. The first-order valence-electron chi connectivity index (χ1n) is 15.3. The first-order chi connectivity index (χ1) is 21.1. The van der Waals surface area contributed by atoms with Crippen LogP contribution >= 0.6 is 0 Å². The van der Waals surface area contributed by atoms with Gasteiger partial charge in [0.15, 0.2) is 0 Å². The number of hydrogen-bond donors (Lipinski definition) is 1. The summed E-state index contributed by atoms with van der Waals surface area (Å²) in [5.41, 5.74) is -3.38. The molecular formula is C32H52N2O12. The molecule has 1 heterocycles. The molecule has 0 saturated carbocycles. The third-order valence-corrected chi connectivity index (χ3v) is 5.61. The van der Waals surface area contributed by atoms with Crippen LogP contribution in [-0.2, 0) is 57.2 Å². The highest BCUT2D eigenvalue weighted by atomic mass is 16.6. The zero-order chi connectivity index (χ0) is 35.2. The fraction of sp³-hybridized carbons (Fsp3) is 0.750. The number of hydrogen-bond acceptors (Lipinski definition) is 12. The molecule has 0 aromatic heterocycles. The highest BCUT2D eigenvalue weighted by Gasteiger charge is 2.35. The van der Waals surface area contributed by atoms with Gasteiger partial charge in [0.2, 0.25) is 5.91 Å². The molecule has 46 heavy (non-hydrogen) atoms. The molecule has 262 valence electrons. The van der Waals surface area contributed by atoms with E-state index in [9.17, 15) is 28.8 Å². The summed E-state index contributed by atoms with van der Waals surface area (Å²) in [5, 5.41) is 2.83. The molecule has 0 radical (unpaired) electrons. The van der Waals surface area contributed by atoms with Crippen LogP contribution in [0.25, 0.3) is 0 Å². The van der Waals surface area contributed by atoms with Gasteiger partial charge in [-0.05, 0) is 62.3 Å². The summed E-state index contributed by atoms with van der Waals surface area (Å²) < 4.78 is 33.3. The van der Waals surface area contributed by atoms with Crippen molar-refractivity contribution < 1.29 is 57.2 Å². The molecule has 0 spiro atoms. The number of carbonyl (C=O) groups is 6. The average molecular weight is 657 g/mol. The van der Waals surface area contributed by atoms with E-state index in [1.807, 2.05) is 0 Å². The van der Waals surface area contributed by atoms with Gasteiger partial charge in [0, 0.05) is 25.1 Å². The molecule has 0 aliphatic carbocycles. The van der Waals surface area contributed by atoms with E-state index in [2.05, 4.69) is 5.32 Å². The van der Waals surface area contributed by atoms with E-state index < -0.39 is 58.0 Å². The molecule has 3 amide bonds. The van der Waals surface area contributed by atoms with Crippen LogP contribution in [0.4, 0.5) is 0 Å². The molecule has 0 unspecified atom stereocenters. The Kier molecular flexibility index (Phi) is 16.0.